The van der Waals surface area contributed by atoms with Gasteiger partial charge in [0.1, 0.15) is 5.75 Å². The molecule has 2 heterocycles. The van der Waals surface area contributed by atoms with Crippen LogP contribution in [0.25, 0.3) is 0 Å². The molecule has 0 aliphatic carbocycles. The van der Waals surface area contributed by atoms with E-state index in [-0.39, 0.29) is 5.91 Å². The minimum Gasteiger partial charge on any atom is -0.496 e. The average Bonchev–Trinajstić information content (AvgIpc) is 2.89. The molecule has 2 aromatic rings. The fourth-order valence-electron chi connectivity index (χ4n) is 2.74. The number of carbonyl (C=O) groups is 1. The third kappa shape index (κ3) is 3.18. The first-order valence-electron chi connectivity index (χ1n) is 7.33. The number of carbonyl (C=O) groups excluding carboxylic acids is 1. The minimum atomic E-state index is -0.250. The van der Waals surface area contributed by atoms with E-state index in [1.807, 2.05) is 11.7 Å². The van der Waals surface area contributed by atoms with Crippen LogP contribution in [-0.4, -0.2) is 29.4 Å². The molecular weight excluding hydrogens is 318 g/mol. The first-order chi connectivity index (χ1) is 11.1. The highest BCUT2D eigenvalue weighted by molar-refractivity contribution is 6.31. The van der Waals surface area contributed by atoms with Crippen LogP contribution >= 0.6 is 11.6 Å². The Kier molecular flexibility index (Phi) is 4.54. The quantitative estimate of drug-likeness (QED) is 0.929. The van der Waals surface area contributed by atoms with E-state index in [2.05, 4.69) is 10.4 Å². The van der Waals surface area contributed by atoms with Crippen molar-refractivity contribution in [3.63, 3.8) is 0 Å². The number of hydrogen-bond donors (Lipinski definition) is 1. The van der Waals surface area contributed by atoms with Crippen LogP contribution in [0.15, 0.2) is 18.2 Å². The molecule has 0 bridgehead atoms. The normalized spacial score (nSPS) is 13.5. The zero-order valence-corrected chi connectivity index (χ0v) is 13.8. The van der Waals surface area contributed by atoms with Crippen molar-refractivity contribution in [2.75, 3.05) is 13.7 Å². The van der Waals surface area contributed by atoms with Crippen molar-refractivity contribution in [2.24, 2.45) is 7.05 Å². The molecule has 0 radical (unpaired) electrons. The van der Waals surface area contributed by atoms with Crippen LogP contribution in [0.5, 0.6) is 5.75 Å². The third-order valence-corrected chi connectivity index (χ3v) is 4.15. The summed E-state index contributed by atoms with van der Waals surface area (Å²) in [5.41, 5.74) is 3.47. The van der Waals surface area contributed by atoms with Gasteiger partial charge in [0.25, 0.3) is 5.91 Å². The van der Waals surface area contributed by atoms with E-state index in [9.17, 15) is 4.79 Å². The predicted molar refractivity (Wildman–Crippen MR) is 85.7 cm³/mol. The summed E-state index contributed by atoms with van der Waals surface area (Å²) in [5, 5.41) is 7.84. The highest BCUT2D eigenvalue weighted by Crippen LogP contribution is 2.23. The molecular formula is C16H18ClN3O3. The van der Waals surface area contributed by atoms with E-state index in [1.165, 1.54) is 12.8 Å². The molecule has 0 saturated carbocycles. The van der Waals surface area contributed by atoms with Gasteiger partial charge in [-0.3, -0.25) is 9.48 Å². The maximum atomic E-state index is 12.4. The number of aromatic nitrogens is 2. The lowest BCUT2D eigenvalue weighted by atomic mass is 10.1. The van der Waals surface area contributed by atoms with Gasteiger partial charge in [0.05, 0.1) is 38.1 Å². The second-order valence-corrected chi connectivity index (χ2v) is 5.76. The Balaban J connectivity index is 1.76. The van der Waals surface area contributed by atoms with Gasteiger partial charge in [-0.05, 0) is 18.2 Å². The summed E-state index contributed by atoms with van der Waals surface area (Å²) in [5.74, 6) is 0.235. The number of nitrogens with zero attached hydrogens (tertiary/aromatic N) is 2. The Morgan fingerprint density at radius 3 is 3.13 bits per heavy atom. The molecule has 0 spiro atoms. The van der Waals surface area contributed by atoms with Crippen molar-refractivity contribution < 1.29 is 14.3 Å². The lowest BCUT2D eigenvalue weighted by Crippen LogP contribution is -2.24. The van der Waals surface area contributed by atoms with Crippen LogP contribution in [0.1, 0.15) is 27.3 Å². The van der Waals surface area contributed by atoms with Crippen LogP contribution in [0, 0.1) is 0 Å². The van der Waals surface area contributed by atoms with E-state index in [0.29, 0.717) is 36.1 Å². The molecule has 122 valence electrons. The summed E-state index contributed by atoms with van der Waals surface area (Å²) in [6.45, 7) is 1.58. The van der Waals surface area contributed by atoms with E-state index in [0.717, 1.165) is 17.7 Å². The third-order valence-electron chi connectivity index (χ3n) is 3.91. The fraction of sp³-hybridized carbons (Fsp3) is 0.375. The van der Waals surface area contributed by atoms with E-state index in [1.54, 1.807) is 18.2 Å². The number of ether oxygens (including phenoxy) is 2. The van der Waals surface area contributed by atoms with Crippen molar-refractivity contribution in [3.8, 4) is 5.75 Å². The van der Waals surface area contributed by atoms with Gasteiger partial charge in [-0.1, -0.05) is 11.6 Å². The van der Waals surface area contributed by atoms with Gasteiger partial charge in [0, 0.05) is 29.7 Å². The molecule has 6 nitrogen and oxygen atoms in total. The summed E-state index contributed by atoms with van der Waals surface area (Å²) >= 11 is 5.97. The zero-order chi connectivity index (χ0) is 16.4. The smallest absolute Gasteiger partial charge is 0.255 e. The molecule has 0 unspecified atom stereocenters. The SMILES string of the molecule is COc1ccc(Cl)cc1C(=O)NCc1nn(C)c2c1COCC2. The van der Waals surface area contributed by atoms with Gasteiger partial charge in [0.15, 0.2) is 0 Å². The predicted octanol–water partition coefficient (Wildman–Crippen LogP) is 2.08. The monoisotopic (exact) mass is 335 g/mol. The largest absolute Gasteiger partial charge is 0.496 e. The van der Waals surface area contributed by atoms with Crippen LogP contribution in [0.4, 0.5) is 0 Å². The van der Waals surface area contributed by atoms with E-state index >= 15 is 0 Å². The van der Waals surface area contributed by atoms with Gasteiger partial charge in [-0.15, -0.1) is 0 Å². The van der Waals surface area contributed by atoms with Crippen LogP contribution < -0.4 is 10.1 Å². The Bertz CT molecular complexity index is 742. The van der Waals surface area contributed by atoms with E-state index in [4.69, 9.17) is 21.1 Å². The molecule has 1 aromatic carbocycles. The van der Waals surface area contributed by atoms with Crippen molar-refractivity contribution in [1.82, 2.24) is 15.1 Å². The number of hydrogen-bond acceptors (Lipinski definition) is 4. The number of rotatable bonds is 4. The second-order valence-electron chi connectivity index (χ2n) is 5.33. The first-order valence-corrected chi connectivity index (χ1v) is 7.71. The summed E-state index contributed by atoms with van der Waals surface area (Å²) in [7, 11) is 3.43. The maximum absolute atomic E-state index is 12.4. The Morgan fingerprint density at radius 1 is 1.52 bits per heavy atom. The molecule has 0 atom stereocenters. The summed E-state index contributed by atoms with van der Waals surface area (Å²) < 4.78 is 12.6. The molecule has 0 saturated heterocycles. The van der Waals surface area contributed by atoms with Gasteiger partial charge in [0.2, 0.25) is 0 Å². The Hall–Kier alpha value is -2.05. The molecule has 1 aromatic heterocycles. The minimum absolute atomic E-state index is 0.250. The van der Waals surface area contributed by atoms with E-state index < -0.39 is 0 Å². The summed E-state index contributed by atoms with van der Waals surface area (Å²) in [6.07, 6.45) is 0.842. The topological polar surface area (TPSA) is 65.4 Å². The molecule has 1 amide bonds. The highest BCUT2D eigenvalue weighted by atomic mass is 35.5. The maximum Gasteiger partial charge on any atom is 0.255 e. The molecule has 7 heteroatoms. The van der Waals surface area contributed by atoms with Crippen molar-refractivity contribution >= 4 is 17.5 Å². The molecule has 1 aliphatic heterocycles. The zero-order valence-electron chi connectivity index (χ0n) is 13.1. The van der Waals surface area contributed by atoms with Gasteiger partial charge >= 0.3 is 0 Å². The first kappa shape index (κ1) is 15.8. The summed E-state index contributed by atoms with van der Waals surface area (Å²) in [4.78, 5) is 12.4. The number of benzene rings is 1. The number of nitrogens with one attached hydrogen (secondary N) is 1. The lowest BCUT2D eigenvalue weighted by Gasteiger charge is -2.14. The van der Waals surface area contributed by atoms with Gasteiger partial charge in [-0.2, -0.15) is 5.10 Å². The number of aryl methyl sites for hydroxylation is 1. The van der Waals surface area contributed by atoms with Gasteiger partial charge < -0.3 is 14.8 Å². The van der Waals surface area contributed by atoms with Crippen LogP contribution in [-0.2, 0) is 31.4 Å². The van der Waals surface area contributed by atoms with Crippen LogP contribution in [0.2, 0.25) is 5.02 Å². The molecule has 1 aliphatic rings. The van der Waals surface area contributed by atoms with Crippen LogP contribution in [0.3, 0.4) is 0 Å². The average molecular weight is 336 g/mol. The molecule has 1 N–H and O–H groups in total. The summed E-state index contributed by atoms with van der Waals surface area (Å²) in [6, 6.07) is 4.95. The standard InChI is InChI=1S/C16H18ClN3O3/c1-20-14-5-6-23-9-12(14)13(19-20)8-18-16(21)11-7-10(17)3-4-15(11)22-2/h3-4,7H,5-6,8-9H2,1-2H3,(H,18,21). The Labute approximate surface area is 139 Å². The fourth-order valence-corrected chi connectivity index (χ4v) is 2.92. The highest BCUT2D eigenvalue weighted by Gasteiger charge is 2.20. The van der Waals surface area contributed by atoms with Gasteiger partial charge in [-0.25, -0.2) is 0 Å². The molecule has 23 heavy (non-hydrogen) atoms. The van der Waals surface area contributed by atoms with Crippen molar-refractivity contribution in [1.29, 1.82) is 0 Å². The van der Waals surface area contributed by atoms with Crippen molar-refractivity contribution in [2.45, 2.75) is 19.6 Å². The molecule has 3 rings (SSSR count). The van der Waals surface area contributed by atoms with Crippen molar-refractivity contribution in [3.05, 3.63) is 45.7 Å². The Morgan fingerprint density at radius 2 is 2.35 bits per heavy atom. The lowest BCUT2D eigenvalue weighted by molar-refractivity contribution is 0.0944. The number of methoxy groups -OCH3 is 1. The number of fused-ring (bicyclic) bond motifs is 1. The number of amides is 1. The number of halogens is 1. The second kappa shape index (κ2) is 6.60. The molecule has 0 fully saturated rings.